The van der Waals surface area contributed by atoms with Gasteiger partial charge >= 0.3 is 0 Å². The molecule has 11 aromatic rings. The Kier molecular flexibility index (Phi) is 6.28. The zero-order valence-corrected chi connectivity index (χ0v) is 28.1. The van der Waals surface area contributed by atoms with Crippen LogP contribution in [0.4, 0.5) is 0 Å². The number of benzene rings is 9. The van der Waals surface area contributed by atoms with Gasteiger partial charge in [0, 0.05) is 21.5 Å². The Morgan fingerprint density at radius 2 is 0.577 bits per heavy atom. The Hall–Kier alpha value is -6.90. The SMILES string of the molecule is c1ccc(-c2ccc3c(-c4ccc5oc6ccccc6c5c4)c4ccc(-c5ccccc5)cc4c(-c4ccc5oc6ccccc6c5c4)c3c2)cc1. The summed E-state index contributed by atoms with van der Waals surface area (Å²) < 4.78 is 12.6. The molecular weight excluding hydrogens is 633 g/mol. The van der Waals surface area contributed by atoms with Crippen molar-refractivity contribution >= 4 is 65.4 Å². The molecule has 0 aliphatic carbocycles. The van der Waals surface area contributed by atoms with Gasteiger partial charge in [-0.15, -0.1) is 0 Å². The minimum Gasteiger partial charge on any atom is -0.456 e. The van der Waals surface area contributed by atoms with Crippen molar-refractivity contribution in [1.82, 2.24) is 0 Å². The molecule has 0 bridgehead atoms. The van der Waals surface area contributed by atoms with E-state index in [0.29, 0.717) is 0 Å². The zero-order valence-electron chi connectivity index (χ0n) is 28.1. The van der Waals surface area contributed by atoms with Gasteiger partial charge in [0.25, 0.3) is 0 Å². The molecule has 0 spiro atoms. The van der Waals surface area contributed by atoms with Crippen LogP contribution in [0.25, 0.3) is 110 Å². The van der Waals surface area contributed by atoms with Crippen LogP contribution in [0.2, 0.25) is 0 Å². The van der Waals surface area contributed by atoms with Crippen LogP contribution >= 0.6 is 0 Å². The summed E-state index contributed by atoms with van der Waals surface area (Å²) in [5, 5.41) is 9.32. The first kappa shape index (κ1) is 28.9. The summed E-state index contributed by atoms with van der Waals surface area (Å²) in [6.45, 7) is 0. The third-order valence-corrected chi connectivity index (χ3v) is 10.7. The van der Waals surface area contributed by atoms with Gasteiger partial charge in [-0.2, -0.15) is 0 Å². The summed E-state index contributed by atoms with van der Waals surface area (Å²) in [5.74, 6) is 0. The van der Waals surface area contributed by atoms with E-state index in [1.54, 1.807) is 0 Å². The van der Waals surface area contributed by atoms with Gasteiger partial charge in [-0.3, -0.25) is 0 Å². The van der Waals surface area contributed by atoms with Crippen LogP contribution < -0.4 is 0 Å². The zero-order chi connectivity index (χ0) is 34.2. The number of fused-ring (bicyclic) bond motifs is 8. The van der Waals surface area contributed by atoms with Crippen molar-refractivity contribution in [2.45, 2.75) is 0 Å². The van der Waals surface area contributed by atoms with E-state index in [4.69, 9.17) is 8.83 Å². The number of hydrogen-bond donors (Lipinski definition) is 0. The molecule has 0 saturated heterocycles. The fraction of sp³-hybridized carbons (Fsp3) is 0. The van der Waals surface area contributed by atoms with Crippen LogP contribution in [0, 0.1) is 0 Å². The molecule has 52 heavy (non-hydrogen) atoms. The Labute approximate surface area is 299 Å². The highest BCUT2D eigenvalue weighted by molar-refractivity contribution is 6.24. The van der Waals surface area contributed by atoms with Gasteiger partial charge < -0.3 is 8.83 Å². The van der Waals surface area contributed by atoms with E-state index in [2.05, 4.69) is 158 Å². The van der Waals surface area contributed by atoms with Crippen LogP contribution in [0.5, 0.6) is 0 Å². The number of hydrogen-bond acceptors (Lipinski definition) is 2. The molecule has 0 atom stereocenters. The smallest absolute Gasteiger partial charge is 0.135 e. The van der Waals surface area contributed by atoms with Crippen molar-refractivity contribution in [1.29, 1.82) is 0 Å². The second-order valence-corrected chi connectivity index (χ2v) is 13.6. The lowest BCUT2D eigenvalue weighted by molar-refractivity contribution is 0.668. The summed E-state index contributed by atoms with van der Waals surface area (Å²) in [7, 11) is 0. The largest absolute Gasteiger partial charge is 0.456 e. The van der Waals surface area contributed by atoms with E-state index in [0.717, 1.165) is 55.0 Å². The molecule has 242 valence electrons. The van der Waals surface area contributed by atoms with Crippen molar-refractivity contribution in [2.24, 2.45) is 0 Å². The summed E-state index contributed by atoms with van der Waals surface area (Å²) in [5.41, 5.74) is 13.1. The Balaban J connectivity index is 1.29. The predicted molar refractivity (Wildman–Crippen MR) is 218 cm³/mol. The van der Waals surface area contributed by atoms with E-state index in [1.807, 2.05) is 24.3 Å². The molecule has 2 nitrogen and oxygen atoms in total. The highest BCUT2D eigenvalue weighted by Gasteiger charge is 2.20. The lowest BCUT2D eigenvalue weighted by atomic mass is 9.83. The van der Waals surface area contributed by atoms with Crippen molar-refractivity contribution < 1.29 is 8.83 Å². The van der Waals surface area contributed by atoms with Crippen LogP contribution in [0.15, 0.2) is 191 Å². The van der Waals surface area contributed by atoms with Crippen molar-refractivity contribution in [3.63, 3.8) is 0 Å². The highest BCUT2D eigenvalue weighted by Crippen LogP contribution is 2.47. The first-order valence-corrected chi connectivity index (χ1v) is 17.7. The quantitative estimate of drug-likeness (QED) is 0.175. The van der Waals surface area contributed by atoms with E-state index in [1.165, 1.54) is 54.9 Å². The monoisotopic (exact) mass is 662 g/mol. The maximum Gasteiger partial charge on any atom is 0.135 e. The second-order valence-electron chi connectivity index (χ2n) is 13.6. The average molecular weight is 663 g/mol. The highest BCUT2D eigenvalue weighted by atomic mass is 16.3. The molecule has 0 unspecified atom stereocenters. The molecule has 11 rings (SSSR count). The van der Waals surface area contributed by atoms with Gasteiger partial charge in [-0.25, -0.2) is 0 Å². The molecule has 2 heterocycles. The lowest BCUT2D eigenvalue weighted by Crippen LogP contribution is -1.93. The van der Waals surface area contributed by atoms with Gasteiger partial charge in [-0.1, -0.05) is 133 Å². The summed E-state index contributed by atoms with van der Waals surface area (Å²) >= 11 is 0. The number of rotatable bonds is 4. The fourth-order valence-electron chi connectivity index (χ4n) is 8.23. The van der Waals surface area contributed by atoms with Crippen LogP contribution in [-0.4, -0.2) is 0 Å². The maximum atomic E-state index is 6.30. The van der Waals surface area contributed by atoms with E-state index >= 15 is 0 Å². The van der Waals surface area contributed by atoms with E-state index < -0.39 is 0 Å². The lowest BCUT2D eigenvalue weighted by Gasteiger charge is -2.20. The molecular formula is C50H30O2. The average Bonchev–Trinajstić information content (AvgIpc) is 3.78. The Morgan fingerprint density at radius 1 is 0.212 bits per heavy atom. The van der Waals surface area contributed by atoms with Gasteiger partial charge in [-0.05, 0) is 115 Å². The van der Waals surface area contributed by atoms with E-state index in [9.17, 15) is 0 Å². The minimum atomic E-state index is 0.894. The first-order chi connectivity index (χ1) is 25.8. The summed E-state index contributed by atoms with van der Waals surface area (Å²) in [4.78, 5) is 0. The van der Waals surface area contributed by atoms with Gasteiger partial charge in [0.15, 0.2) is 0 Å². The molecule has 0 aliphatic heterocycles. The second kappa shape index (κ2) is 11.3. The number of furan rings is 2. The third kappa shape index (κ3) is 4.44. The van der Waals surface area contributed by atoms with Gasteiger partial charge in [0.05, 0.1) is 0 Å². The molecule has 0 fully saturated rings. The normalized spacial score (nSPS) is 11.8. The topological polar surface area (TPSA) is 26.3 Å². The molecule has 2 aromatic heterocycles. The molecule has 2 heteroatoms. The Morgan fingerprint density at radius 3 is 1.06 bits per heavy atom. The molecule has 9 aromatic carbocycles. The fourth-order valence-corrected chi connectivity index (χ4v) is 8.23. The van der Waals surface area contributed by atoms with E-state index in [-0.39, 0.29) is 0 Å². The van der Waals surface area contributed by atoms with Crippen LogP contribution in [0.3, 0.4) is 0 Å². The van der Waals surface area contributed by atoms with Crippen molar-refractivity contribution in [3.05, 3.63) is 182 Å². The Bertz CT molecular complexity index is 3060. The minimum absolute atomic E-state index is 0.894. The predicted octanol–water partition coefficient (Wildman–Crippen LogP) is 14.5. The molecule has 0 amide bonds. The molecule has 0 radical (unpaired) electrons. The van der Waals surface area contributed by atoms with Crippen LogP contribution in [0.1, 0.15) is 0 Å². The molecule has 0 saturated carbocycles. The van der Waals surface area contributed by atoms with Crippen molar-refractivity contribution in [3.8, 4) is 44.5 Å². The van der Waals surface area contributed by atoms with Crippen LogP contribution in [-0.2, 0) is 0 Å². The van der Waals surface area contributed by atoms with Gasteiger partial charge in [0.1, 0.15) is 22.3 Å². The summed E-state index contributed by atoms with van der Waals surface area (Å²) in [6.07, 6.45) is 0. The first-order valence-electron chi connectivity index (χ1n) is 17.7. The maximum absolute atomic E-state index is 6.30. The summed E-state index contributed by atoms with van der Waals surface area (Å²) in [6, 6.07) is 65.3. The van der Waals surface area contributed by atoms with Crippen molar-refractivity contribution in [2.75, 3.05) is 0 Å². The molecule has 0 N–H and O–H groups in total. The number of para-hydroxylation sites is 2. The standard InChI is InChI=1S/C50H30O2/c1-3-11-31(12-4-1)33-19-23-39-43(27-33)50(36-22-26-48-42(30-36)38-16-8-10-18-46(38)52-48)44-28-34(32-13-5-2-6-14-32)20-24-40(44)49(39)35-21-25-47-41(29-35)37-15-7-9-17-45(37)51-47/h1-30H. The van der Waals surface area contributed by atoms with Gasteiger partial charge in [0.2, 0.25) is 0 Å². The molecule has 0 aliphatic rings. The third-order valence-electron chi connectivity index (χ3n) is 10.7.